The zero-order valence-electron chi connectivity index (χ0n) is 12.5. The van der Waals surface area contributed by atoms with Gasteiger partial charge in [0, 0.05) is 26.9 Å². The molecule has 0 saturated carbocycles. The molecule has 1 aromatic carbocycles. The van der Waals surface area contributed by atoms with Crippen LogP contribution in [0.3, 0.4) is 0 Å². The summed E-state index contributed by atoms with van der Waals surface area (Å²) in [5.41, 5.74) is 1.38. The van der Waals surface area contributed by atoms with Crippen molar-refractivity contribution in [2.75, 3.05) is 12.9 Å². The minimum Gasteiger partial charge on any atom is -0.395 e. The average Bonchev–Trinajstić information content (AvgIpc) is 2.78. The van der Waals surface area contributed by atoms with Crippen molar-refractivity contribution < 1.29 is 5.11 Å². The van der Waals surface area contributed by atoms with E-state index in [9.17, 15) is 5.11 Å². The van der Waals surface area contributed by atoms with Crippen LogP contribution in [-0.4, -0.2) is 29.3 Å². The zero-order valence-corrected chi connectivity index (χ0v) is 14.1. The Labute approximate surface area is 129 Å². The number of rotatable bonds is 6. The molecule has 3 atom stereocenters. The molecule has 0 saturated heterocycles. The number of thioether (sulfide) groups is 1. The van der Waals surface area contributed by atoms with Crippen molar-refractivity contribution in [3.05, 3.63) is 34.7 Å². The molecule has 0 amide bonds. The van der Waals surface area contributed by atoms with Crippen LogP contribution in [0.4, 0.5) is 0 Å². The van der Waals surface area contributed by atoms with Crippen molar-refractivity contribution in [1.82, 2.24) is 5.32 Å². The van der Waals surface area contributed by atoms with Gasteiger partial charge >= 0.3 is 0 Å². The highest BCUT2D eigenvalue weighted by Gasteiger charge is 2.20. The first-order valence-electron chi connectivity index (χ1n) is 6.96. The molecule has 0 aliphatic heterocycles. The fraction of sp³-hybridized carbons (Fsp3) is 0.500. The number of benzene rings is 1. The van der Waals surface area contributed by atoms with Crippen LogP contribution in [-0.2, 0) is 0 Å². The summed E-state index contributed by atoms with van der Waals surface area (Å²) in [4.78, 5) is 1.40. The van der Waals surface area contributed by atoms with Gasteiger partial charge in [-0.3, -0.25) is 0 Å². The summed E-state index contributed by atoms with van der Waals surface area (Å²) in [6.45, 7) is 6.78. The summed E-state index contributed by atoms with van der Waals surface area (Å²) in [7, 11) is 0. The van der Waals surface area contributed by atoms with Gasteiger partial charge in [0.1, 0.15) is 0 Å². The number of hydrogen-bond donors (Lipinski definition) is 2. The Bertz CT molecular complexity index is 563. The molecule has 2 N–H and O–H groups in total. The smallest absolute Gasteiger partial charge is 0.0564 e. The van der Waals surface area contributed by atoms with Crippen LogP contribution in [0, 0.1) is 6.92 Å². The van der Waals surface area contributed by atoms with Crippen molar-refractivity contribution in [2.45, 2.75) is 38.1 Å². The van der Waals surface area contributed by atoms with E-state index in [4.69, 9.17) is 0 Å². The molecular formula is C16H23NOS2. The van der Waals surface area contributed by atoms with Gasteiger partial charge in [-0.15, -0.1) is 11.3 Å². The van der Waals surface area contributed by atoms with Crippen LogP contribution in [0.1, 0.15) is 30.3 Å². The molecule has 2 aromatic rings. The van der Waals surface area contributed by atoms with Gasteiger partial charge in [-0.1, -0.05) is 18.2 Å². The largest absolute Gasteiger partial charge is 0.395 e. The van der Waals surface area contributed by atoms with Crippen molar-refractivity contribution in [1.29, 1.82) is 0 Å². The Morgan fingerprint density at radius 3 is 2.60 bits per heavy atom. The highest BCUT2D eigenvalue weighted by Crippen LogP contribution is 2.34. The second-order valence-corrected chi connectivity index (χ2v) is 7.38. The zero-order chi connectivity index (χ0) is 14.7. The number of aliphatic hydroxyl groups excluding tert-OH is 1. The van der Waals surface area contributed by atoms with Crippen molar-refractivity contribution in [2.24, 2.45) is 0 Å². The predicted octanol–water partition coefficient (Wildman–Crippen LogP) is 3.97. The number of nitrogens with one attached hydrogen (secondary N) is 1. The highest BCUT2D eigenvalue weighted by molar-refractivity contribution is 7.99. The van der Waals surface area contributed by atoms with E-state index in [2.05, 4.69) is 56.6 Å². The first-order chi connectivity index (χ1) is 9.58. The monoisotopic (exact) mass is 309 g/mol. The summed E-state index contributed by atoms with van der Waals surface area (Å²) in [6.07, 6.45) is 2.05. The number of hydrogen-bond acceptors (Lipinski definition) is 4. The van der Waals surface area contributed by atoms with E-state index in [0.29, 0.717) is 6.04 Å². The maximum Gasteiger partial charge on any atom is 0.0564 e. The van der Waals surface area contributed by atoms with E-state index < -0.39 is 0 Å². The topological polar surface area (TPSA) is 32.3 Å². The van der Waals surface area contributed by atoms with Gasteiger partial charge in [-0.05, 0) is 44.0 Å². The van der Waals surface area contributed by atoms with Crippen LogP contribution in [0.5, 0.6) is 0 Å². The second-order valence-electron chi connectivity index (χ2n) is 5.22. The third kappa shape index (κ3) is 3.19. The number of thiophene rings is 1. The van der Waals surface area contributed by atoms with E-state index in [1.54, 1.807) is 11.8 Å². The molecule has 0 aliphatic rings. The molecule has 0 bridgehead atoms. The van der Waals surface area contributed by atoms with Gasteiger partial charge in [0.05, 0.1) is 6.61 Å². The minimum atomic E-state index is 0.216. The molecule has 20 heavy (non-hydrogen) atoms. The summed E-state index contributed by atoms with van der Waals surface area (Å²) >= 11 is 3.58. The van der Waals surface area contributed by atoms with E-state index in [1.165, 1.54) is 20.5 Å². The normalized spacial score (nSPS) is 16.2. The first-order valence-corrected chi connectivity index (χ1v) is 9.06. The molecule has 0 fully saturated rings. The van der Waals surface area contributed by atoms with Crippen molar-refractivity contribution in [3.8, 4) is 0 Å². The van der Waals surface area contributed by atoms with Gasteiger partial charge < -0.3 is 10.4 Å². The maximum atomic E-state index is 9.39. The first kappa shape index (κ1) is 15.8. The Balaban J connectivity index is 2.19. The highest BCUT2D eigenvalue weighted by atomic mass is 32.2. The number of fused-ring (bicyclic) bond motifs is 1. The lowest BCUT2D eigenvalue weighted by atomic mass is 10.1. The fourth-order valence-corrected chi connectivity index (χ4v) is 4.48. The Hall–Kier alpha value is -0.550. The van der Waals surface area contributed by atoms with E-state index >= 15 is 0 Å². The maximum absolute atomic E-state index is 9.39. The lowest BCUT2D eigenvalue weighted by molar-refractivity contribution is 0.272. The second kappa shape index (κ2) is 6.94. The van der Waals surface area contributed by atoms with Crippen LogP contribution in [0.25, 0.3) is 10.1 Å². The molecule has 3 unspecified atom stereocenters. The van der Waals surface area contributed by atoms with E-state index in [0.717, 1.165) is 0 Å². The van der Waals surface area contributed by atoms with Gasteiger partial charge in [0.15, 0.2) is 0 Å². The lowest BCUT2D eigenvalue weighted by Gasteiger charge is -2.25. The molecule has 0 radical (unpaired) electrons. The molecule has 2 nitrogen and oxygen atoms in total. The molecular weight excluding hydrogens is 286 g/mol. The quantitative estimate of drug-likeness (QED) is 0.847. The van der Waals surface area contributed by atoms with Crippen LogP contribution >= 0.6 is 23.1 Å². The Kier molecular flexibility index (Phi) is 5.49. The minimum absolute atomic E-state index is 0.216. The fourth-order valence-electron chi connectivity index (χ4n) is 2.62. The summed E-state index contributed by atoms with van der Waals surface area (Å²) in [5, 5.41) is 14.6. The van der Waals surface area contributed by atoms with Crippen molar-refractivity contribution >= 4 is 33.2 Å². The molecule has 4 heteroatoms. The SMILES string of the molecule is CSC(CO)C(C)NC(C)c1sc2ccccc2c1C. The number of aliphatic hydroxyl groups is 1. The molecule has 1 aromatic heterocycles. The molecule has 1 heterocycles. The van der Waals surface area contributed by atoms with Crippen LogP contribution in [0.15, 0.2) is 24.3 Å². The third-order valence-electron chi connectivity index (χ3n) is 3.83. The molecule has 2 rings (SSSR count). The Morgan fingerprint density at radius 1 is 1.30 bits per heavy atom. The third-order valence-corrected chi connectivity index (χ3v) is 6.45. The van der Waals surface area contributed by atoms with Gasteiger partial charge in [0.25, 0.3) is 0 Å². The van der Waals surface area contributed by atoms with E-state index in [-0.39, 0.29) is 17.9 Å². The molecule has 0 aliphatic carbocycles. The summed E-state index contributed by atoms with van der Waals surface area (Å²) < 4.78 is 1.35. The average molecular weight is 310 g/mol. The standard InChI is InChI=1S/C16H23NOS2/c1-10-13-7-5-6-8-14(13)20-16(10)12(3)17-11(2)15(9-18)19-4/h5-8,11-12,15,17-18H,9H2,1-4H3. The van der Waals surface area contributed by atoms with Gasteiger partial charge in [0.2, 0.25) is 0 Å². The molecule has 110 valence electrons. The number of aryl methyl sites for hydroxylation is 1. The van der Waals surface area contributed by atoms with Gasteiger partial charge in [-0.2, -0.15) is 11.8 Å². The summed E-state index contributed by atoms with van der Waals surface area (Å²) in [6, 6.07) is 9.17. The van der Waals surface area contributed by atoms with Crippen LogP contribution in [0.2, 0.25) is 0 Å². The van der Waals surface area contributed by atoms with Gasteiger partial charge in [-0.25, -0.2) is 0 Å². The van der Waals surface area contributed by atoms with E-state index in [1.807, 2.05) is 11.3 Å². The Morgan fingerprint density at radius 2 is 2.00 bits per heavy atom. The summed E-state index contributed by atoms with van der Waals surface area (Å²) in [5.74, 6) is 0. The van der Waals surface area contributed by atoms with Crippen molar-refractivity contribution in [3.63, 3.8) is 0 Å². The predicted molar refractivity (Wildman–Crippen MR) is 92.0 cm³/mol. The van der Waals surface area contributed by atoms with Crippen LogP contribution < -0.4 is 5.32 Å². The molecule has 0 spiro atoms. The lowest BCUT2D eigenvalue weighted by Crippen LogP contribution is -2.38.